The SMILES string of the molecule is O=C1CN(C(=O)C2CCc3sc(-c4ccncc4)nc3C2)CCN1. The van der Waals surface area contributed by atoms with E-state index in [0.717, 1.165) is 29.1 Å². The monoisotopic (exact) mass is 342 g/mol. The van der Waals surface area contributed by atoms with Crippen LogP contribution in [0.4, 0.5) is 0 Å². The molecule has 1 fully saturated rings. The molecule has 3 heterocycles. The molecule has 1 N–H and O–H groups in total. The second-order valence-corrected chi connectivity index (χ2v) is 7.26. The molecule has 0 aromatic carbocycles. The minimum absolute atomic E-state index is 0.0595. The Morgan fingerprint density at radius 1 is 1.33 bits per heavy atom. The van der Waals surface area contributed by atoms with E-state index in [4.69, 9.17) is 4.98 Å². The number of aryl methyl sites for hydroxylation is 1. The third-order valence-electron chi connectivity index (χ3n) is 4.56. The highest BCUT2D eigenvalue weighted by atomic mass is 32.1. The number of aromatic nitrogens is 2. The Labute approximate surface area is 143 Å². The standard InChI is InChI=1S/C17H18N4O2S/c22-15-10-21(8-7-19-15)17(23)12-1-2-14-13(9-12)20-16(24-14)11-3-5-18-6-4-11/h3-6,12H,1-2,7-10H2,(H,19,22). The Morgan fingerprint density at radius 2 is 2.17 bits per heavy atom. The molecule has 4 rings (SSSR count). The molecule has 124 valence electrons. The highest BCUT2D eigenvalue weighted by molar-refractivity contribution is 7.15. The average Bonchev–Trinajstić information content (AvgIpc) is 3.05. The lowest BCUT2D eigenvalue weighted by Gasteiger charge is -2.31. The highest BCUT2D eigenvalue weighted by Crippen LogP contribution is 2.34. The number of thiazole rings is 1. The van der Waals surface area contributed by atoms with Crippen molar-refractivity contribution in [3.63, 3.8) is 0 Å². The zero-order valence-electron chi connectivity index (χ0n) is 13.2. The number of piperazine rings is 1. The van der Waals surface area contributed by atoms with E-state index < -0.39 is 0 Å². The fourth-order valence-corrected chi connectivity index (χ4v) is 4.40. The number of pyridine rings is 1. The predicted octanol–water partition coefficient (Wildman–Crippen LogP) is 1.27. The third kappa shape index (κ3) is 2.91. The summed E-state index contributed by atoms with van der Waals surface area (Å²) in [6.45, 7) is 1.33. The van der Waals surface area contributed by atoms with E-state index in [1.807, 2.05) is 12.1 Å². The lowest BCUT2D eigenvalue weighted by atomic mass is 9.89. The van der Waals surface area contributed by atoms with E-state index in [9.17, 15) is 9.59 Å². The van der Waals surface area contributed by atoms with Crippen LogP contribution in [0.15, 0.2) is 24.5 Å². The van der Waals surface area contributed by atoms with Gasteiger partial charge in [-0.25, -0.2) is 4.98 Å². The van der Waals surface area contributed by atoms with Gasteiger partial charge in [-0.3, -0.25) is 14.6 Å². The van der Waals surface area contributed by atoms with Gasteiger partial charge in [0.05, 0.1) is 12.2 Å². The molecule has 1 atom stereocenters. The number of hydrogen-bond donors (Lipinski definition) is 1. The molecule has 6 nitrogen and oxygen atoms in total. The number of fused-ring (bicyclic) bond motifs is 1. The first-order valence-electron chi connectivity index (χ1n) is 8.15. The fourth-order valence-electron chi connectivity index (χ4n) is 3.29. The molecule has 0 radical (unpaired) electrons. The molecule has 2 aliphatic rings. The van der Waals surface area contributed by atoms with Crippen LogP contribution >= 0.6 is 11.3 Å². The summed E-state index contributed by atoms with van der Waals surface area (Å²) in [5, 5.41) is 3.75. The maximum Gasteiger partial charge on any atom is 0.239 e. The second kappa shape index (κ2) is 6.32. The zero-order valence-corrected chi connectivity index (χ0v) is 14.0. The Kier molecular flexibility index (Phi) is 4.02. The maximum absolute atomic E-state index is 12.7. The van der Waals surface area contributed by atoms with Crippen LogP contribution in [0.2, 0.25) is 0 Å². The Morgan fingerprint density at radius 3 is 2.96 bits per heavy atom. The van der Waals surface area contributed by atoms with Gasteiger partial charge >= 0.3 is 0 Å². The van der Waals surface area contributed by atoms with Crippen LogP contribution in [-0.4, -0.2) is 46.3 Å². The first kappa shape index (κ1) is 15.3. The van der Waals surface area contributed by atoms with E-state index in [2.05, 4.69) is 10.3 Å². The van der Waals surface area contributed by atoms with Crippen molar-refractivity contribution in [2.75, 3.05) is 19.6 Å². The number of amides is 2. The number of rotatable bonds is 2. The molecular formula is C17H18N4O2S. The summed E-state index contributed by atoms with van der Waals surface area (Å²) >= 11 is 1.71. The predicted molar refractivity (Wildman–Crippen MR) is 90.4 cm³/mol. The molecule has 1 saturated heterocycles. The van der Waals surface area contributed by atoms with Gasteiger partial charge in [0.25, 0.3) is 0 Å². The van der Waals surface area contributed by atoms with Gasteiger partial charge in [0.15, 0.2) is 0 Å². The number of carbonyl (C=O) groups excluding carboxylic acids is 2. The van der Waals surface area contributed by atoms with Crippen molar-refractivity contribution in [1.29, 1.82) is 0 Å². The number of hydrogen-bond acceptors (Lipinski definition) is 5. The molecule has 0 bridgehead atoms. The van der Waals surface area contributed by atoms with Crippen molar-refractivity contribution in [2.45, 2.75) is 19.3 Å². The van der Waals surface area contributed by atoms with Gasteiger partial charge in [-0.1, -0.05) is 0 Å². The summed E-state index contributed by atoms with van der Waals surface area (Å²) in [7, 11) is 0. The van der Waals surface area contributed by atoms with E-state index in [1.54, 1.807) is 28.6 Å². The number of nitrogens with zero attached hydrogens (tertiary/aromatic N) is 3. The van der Waals surface area contributed by atoms with Crippen LogP contribution in [0.3, 0.4) is 0 Å². The third-order valence-corrected chi connectivity index (χ3v) is 5.77. The normalized spacial score (nSPS) is 20.4. The topological polar surface area (TPSA) is 75.2 Å². The molecular weight excluding hydrogens is 324 g/mol. The molecule has 1 unspecified atom stereocenters. The lowest BCUT2D eigenvalue weighted by molar-refractivity contribution is -0.141. The Balaban J connectivity index is 1.50. The van der Waals surface area contributed by atoms with E-state index in [1.165, 1.54) is 4.88 Å². The van der Waals surface area contributed by atoms with Crippen LogP contribution in [0.25, 0.3) is 10.6 Å². The van der Waals surface area contributed by atoms with Gasteiger partial charge in [-0.15, -0.1) is 11.3 Å². The summed E-state index contributed by atoms with van der Waals surface area (Å²) in [6.07, 6.45) is 5.93. The van der Waals surface area contributed by atoms with Crippen molar-refractivity contribution in [3.05, 3.63) is 35.1 Å². The second-order valence-electron chi connectivity index (χ2n) is 6.17. The summed E-state index contributed by atoms with van der Waals surface area (Å²) in [4.78, 5) is 36.0. The van der Waals surface area contributed by atoms with E-state index in [-0.39, 0.29) is 24.3 Å². The van der Waals surface area contributed by atoms with Gasteiger partial charge in [0.1, 0.15) is 5.01 Å². The largest absolute Gasteiger partial charge is 0.353 e. The van der Waals surface area contributed by atoms with Gasteiger partial charge < -0.3 is 10.2 Å². The summed E-state index contributed by atoms with van der Waals surface area (Å²) in [5.41, 5.74) is 2.11. The molecule has 24 heavy (non-hydrogen) atoms. The molecule has 2 aromatic rings. The van der Waals surface area contributed by atoms with Crippen LogP contribution in [0, 0.1) is 5.92 Å². The molecule has 1 aliphatic heterocycles. The minimum Gasteiger partial charge on any atom is -0.353 e. The summed E-state index contributed by atoms with van der Waals surface area (Å²) < 4.78 is 0. The van der Waals surface area contributed by atoms with E-state index in [0.29, 0.717) is 19.5 Å². The van der Waals surface area contributed by atoms with Crippen LogP contribution in [0.5, 0.6) is 0 Å². The van der Waals surface area contributed by atoms with Gasteiger partial charge in [0.2, 0.25) is 11.8 Å². The Bertz CT molecular complexity index is 774. The quantitative estimate of drug-likeness (QED) is 0.892. The van der Waals surface area contributed by atoms with Crippen molar-refractivity contribution in [3.8, 4) is 10.6 Å². The number of nitrogens with one attached hydrogen (secondary N) is 1. The van der Waals surface area contributed by atoms with E-state index >= 15 is 0 Å². The number of carbonyl (C=O) groups is 2. The Hall–Kier alpha value is -2.28. The minimum atomic E-state index is -0.0697. The van der Waals surface area contributed by atoms with Gasteiger partial charge in [0, 0.05) is 48.3 Å². The smallest absolute Gasteiger partial charge is 0.239 e. The maximum atomic E-state index is 12.7. The van der Waals surface area contributed by atoms with Crippen LogP contribution in [0.1, 0.15) is 17.0 Å². The average molecular weight is 342 g/mol. The van der Waals surface area contributed by atoms with Gasteiger partial charge in [-0.2, -0.15) is 0 Å². The summed E-state index contributed by atoms with van der Waals surface area (Å²) in [6, 6.07) is 3.92. The van der Waals surface area contributed by atoms with Crippen molar-refractivity contribution in [1.82, 2.24) is 20.2 Å². The van der Waals surface area contributed by atoms with Crippen LogP contribution in [-0.2, 0) is 22.4 Å². The van der Waals surface area contributed by atoms with Crippen molar-refractivity contribution < 1.29 is 9.59 Å². The zero-order chi connectivity index (χ0) is 16.5. The van der Waals surface area contributed by atoms with Crippen LogP contribution < -0.4 is 5.32 Å². The summed E-state index contributed by atoms with van der Waals surface area (Å²) in [5.74, 6) is -0.0375. The fraction of sp³-hybridized carbons (Fsp3) is 0.412. The molecule has 2 amide bonds. The first-order valence-corrected chi connectivity index (χ1v) is 8.97. The first-order chi connectivity index (χ1) is 11.7. The van der Waals surface area contributed by atoms with Gasteiger partial charge in [-0.05, 0) is 25.0 Å². The van der Waals surface area contributed by atoms with Crippen molar-refractivity contribution >= 4 is 23.2 Å². The van der Waals surface area contributed by atoms with Crippen molar-refractivity contribution in [2.24, 2.45) is 5.92 Å². The molecule has 0 saturated carbocycles. The molecule has 1 aliphatic carbocycles. The lowest BCUT2D eigenvalue weighted by Crippen LogP contribution is -2.52. The molecule has 2 aromatic heterocycles. The molecule has 0 spiro atoms. The molecule has 7 heteroatoms. The highest BCUT2D eigenvalue weighted by Gasteiger charge is 2.32.